The summed E-state index contributed by atoms with van der Waals surface area (Å²) in [5.41, 5.74) is 3.27. The van der Waals surface area contributed by atoms with Gasteiger partial charge in [-0.3, -0.25) is 14.3 Å². The van der Waals surface area contributed by atoms with E-state index in [9.17, 15) is 0 Å². The Morgan fingerprint density at radius 1 is 1.17 bits per heavy atom. The summed E-state index contributed by atoms with van der Waals surface area (Å²) in [7, 11) is 1.95. The van der Waals surface area contributed by atoms with Crippen molar-refractivity contribution >= 4 is 0 Å². The number of nitrogens with zero attached hydrogens (tertiary/aromatic N) is 5. The molecular weight excluding hydrogens is 288 g/mol. The lowest BCUT2D eigenvalue weighted by Gasteiger charge is -2.21. The number of rotatable bonds is 6. The minimum atomic E-state index is 0.283. The van der Waals surface area contributed by atoms with Gasteiger partial charge in [0.1, 0.15) is 0 Å². The van der Waals surface area contributed by atoms with Crippen molar-refractivity contribution < 1.29 is 0 Å². The van der Waals surface area contributed by atoms with Crippen molar-refractivity contribution in [2.45, 2.75) is 32.5 Å². The lowest BCUT2D eigenvalue weighted by atomic mass is 10.1. The summed E-state index contributed by atoms with van der Waals surface area (Å²) in [5.74, 6) is 0. The minimum Gasteiger partial charge on any atom is -0.308 e. The van der Waals surface area contributed by atoms with Crippen molar-refractivity contribution in [3.05, 3.63) is 54.7 Å². The lowest BCUT2D eigenvalue weighted by molar-refractivity contribution is 0.365. The highest BCUT2D eigenvalue weighted by atomic mass is 15.3. The molecule has 3 aromatic rings. The van der Waals surface area contributed by atoms with Crippen LogP contribution in [0.3, 0.4) is 0 Å². The predicted octanol–water partition coefficient (Wildman–Crippen LogP) is 2.42. The first-order valence-corrected chi connectivity index (χ1v) is 7.80. The normalized spacial score (nSPS) is 13.9. The van der Waals surface area contributed by atoms with Crippen LogP contribution in [-0.2, 0) is 13.6 Å². The summed E-state index contributed by atoms with van der Waals surface area (Å²) in [5, 5.41) is 12.5. The molecule has 0 aliphatic rings. The smallest absolute Gasteiger partial charge is 0.0969 e. The average molecular weight is 310 g/mol. The average Bonchev–Trinajstić information content (AvgIpc) is 3.22. The first kappa shape index (κ1) is 15.4. The van der Waals surface area contributed by atoms with Gasteiger partial charge in [0.2, 0.25) is 0 Å². The van der Waals surface area contributed by atoms with Gasteiger partial charge in [-0.25, -0.2) is 0 Å². The third-order valence-corrected chi connectivity index (χ3v) is 4.14. The van der Waals surface area contributed by atoms with Gasteiger partial charge in [0.25, 0.3) is 0 Å². The Kier molecular flexibility index (Phi) is 4.52. The molecule has 120 valence electrons. The first-order chi connectivity index (χ1) is 11.1. The molecule has 0 aliphatic heterocycles. The van der Waals surface area contributed by atoms with Crippen LogP contribution in [0.4, 0.5) is 0 Å². The van der Waals surface area contributed by atoms with E-state index in [1.54, 1.807) is 12.4 Å². The molecule has 6 heteroatoms. The van der Waals surface area contributed by atoms with E-state index in [4.69, 9.17) is 0 Å². The summed E-state index contributed by atoms with van der Waals surface area (Å²) < 4.78 is 3.83. The largest absolute Gasteiger partial charge is 0.308 e. The molecule has 6 nitrogen and oxygen atoms in total. The van der Waals surface area contributed by atoms with Crippen molar-refractivity contribution in [3.8, 4) is 11.3 Å². The molecule has 0 fully saturated rings. The molecule has 0 radical (unpaired) electrons. The summed E-state index contributed by atoms with van der Waals surface area (Å²) in [6.07, 6.45) is 9.46. The van der Waals surface area contributed by atoms with Crippen LogP contribution in [-0.4, -0.2) is 30.6 Å². The van der Waals surface area contributed by atoms with E-state index in [0.717, 1.165) is 17.8 Å². The molecule has 3 rings (SSSR count). The van der Waals surface area contributed by atoms with E-state index in [2.05, 4.69) is 40.5 Å². The van der Waals surface area contributed by atoms with E-state index >= 15 is 0 Å². The second kappa shape index (κ2) is 6.75. The Labute approximate surface area is 136 Å². The van der Waals surface area contributed by atoms with Crippen LogP contribution in [0.2, 0.25) is 0 Å². The zero-order chi connectivity index (χ0) is 16.2. The monoisotopic (exact) mass is 310 g/mol. The second-order valence-electron chi connectivity index (χ2n) is 5.81. The SMILES string of the molecule is C[C@@H](NCc1cn(C)nc1-c1ccncc1)[C@H](C)n1cccn1. The van der Waals surface area contributed by atoms with E-state index in [-0.39, 0.29) is 6.04 Å². The zero-order valence-corrected chi connectivity index (χ0v) is 13.7. The molecular formula is C17H22N6. The Morgan fingerprint density at radius 2 is 1.96 bits per heavy atom. The van der Waals surface area contributed by atoms with Gasteiger partial charge in [-0.2, -0.15) is 10.2 Å². The Morgan fingerprint density at radius 3 is 2.65 bits per heavy atom. The first-order valence-electron chi connectivity index (χ1n) is 7.80. The molecule has 3 aromatic heterocycles. The maximum absolute atomic E-state index is 4.58. The van der Waals surface area contributed by atoms with Gasteiger partial charge in [0.15, 0.2) is 0 Å². The number of pyridine rings is 1. The summed E-state index contributed by atoms with van der Waals surface area (Å²) >= 11 is 0. The summed E-state index contributed by atoms with van der Waals surface area (Å²) in [4.78, 5) is 4.07. The van der Waals surface area contributed by atoms with Crippen LogP contribution in [0.1, 0.15) is 25.5 Å². The predicted molar refractivity (Wildman–Crippen MR) is 89.7 cm³/mol. The fourth-order valence-electron chi connectivity index (χ4n) is 2.61. The third kappa shape index (κ3) is 3.48. The number of aryl methyl sites for hydroxylation is 1. The van der Waals surface area contributed by atoms with Crippen molar-refractivity contribution in [2.75, 3.05) is 0 Å². The van der Waals surface area contributed by atoms with Crippen molar-refractivity contribution in [1.29, 1.82) is 0 Å². The van der Waals surface area contributed by atoms with Gasteiger partial charge < -0.3 is 5.32 Å². The van der Waals surface area contributed by atoms with Crippen molar-refractivity contribution in [3.63, 3.8) is 0 Å². The third-order valence-electron chi connectivity index (χ3n) is 4.14. The fourth-order valence-corrected chi connectivity index (χ4v) is 2.61. The lowest BCUT2D eigenvalue weighted by Crippen LogP contribution is -2.33. The molecule has 0 bridgehead atoms. The van der Waals surface area contributed by atoms with Crippen LogP contribution < -0.4 is 5.32 Å². The van der Waals surface area contributed by atoms with Gasteiger partial charge in [0.05, 0.1) is 11.7 Å². The fraction of sp³-hybridized carbons (Fsp3) is 0.353. The number of aromatic nitrogens is 5. The Hall–Kier alpha value is -2.47. The minimum absolute atomic E-state index is 0.283. The van der Waals surface area contributed by atoms with Gasteiger partial charge in [0, 0.05) is 61.7 Å². The molecule has 3 heterocycles. The highest BCUT2D eigenvalue weighted by Crippen LogP contribution is 2.21. The summed E-state index contributed by atoms with van der Waals surface area (Å²) in [6, 6.07) is 6.50. The van der Waals surface area contributed by atoms with Crippen LogP contribution in [0, 0.1) is 0 Å². The Balaban J connectivity index is 1.71. The molecule has 1 N–H and O–H groups in total. The molecule has 0 aliphatic carbocycles. The molecule has 0 amide bonds. The van der Waals surface area contributed by atoms with E-state index in [1.165, 1.54) is 5.56 Å². The molecule has 23 heavy (non-hydrogen) atoms. The number of hydrogen-bond donors (Lipinski definition) is 1. The molecule has 0 unspecified atom stereocenters. The zero-order valence-electron chi connectivity index (χ0n) is 13.7. The van der Waals surface area contributed by atoms with E-state index in [0.29, 0.717) is 6.04 Å². The highest BCUT2D eigenvalue weighted by Gasteiger charge is 2.16. The van der Waals surface area contributed by atoms with Gasteiger partial charge in [-0.15, -0.1) is 0 Å². The molecule has 0 saturated carbocycles. The number of nitrogens with one attached hydrogen (secondary N) is 1. The topological polar surface area (TPSA) is 60.6 Å². The van der Waals surface area contributed by atoms with Crippen LogP contribution in [0.25, 0.3) is 11.3 Å². The molecule has 0 spiro atoms. The van der Waals surface area contributed by atoms with Gasteiger partial charge in [-0.05, 0) is 32.0 Å². The van der Waals surface area contributed by atoms with E-state index in [1.807, 2.05) is 47.0 Å². The van der Waals surface area contributed by atoms with Crippen LogP contribution in [0.15, 0.2) is 49.2 Å². The standard InChI is InChI=1S/C17H22N6/c1-13(14(2)23-10-4-7-20-23)19-11-16-12-22(3)21-17(16)15-5-8-18-9-6-15/h4-10,12-14,19H,11H2,1-3H3/t13-,14+/m1/s1. The van der Waals surface area contributed by atoms with Crippen LogP contribution in [0.5, 0.6) is 0 Å². The van der Waals surface area contributed by atoms with Crippen molar-refractivity contribution in [1.82, 2.24) is 29.9 Å². The maximum Gasteiger partial charge on any atom is 0.0969 e. The molecule has 0 aromatic carbocycles. The Bertz CT molecular complexity index is 732. The van der Waals surface area contributed by atoms with Gasteiger partial charge in [-0.1, -0.05) is 0 Å². The molecule has 0 saturated heterocycles. The highest BCUT2D eigenvalue weighted by molar-refractivity contribution is 5.61. The van der Waals surface area contributed by atoms with Crippen molar-refractivity contribution in [2.24, 2.45) is 7.05 Å². The quantitative estimate of drug-likeness (QED) is 0.759. The number of hydrogen-bond acceptors (Lipinski definition) is 4. The maximum atomic E-state index is 4.58. The second-order valence-corrected chi connectivity index (χ2v) is 5.81. The van der Waals surface area contributed by atoms with E-state index < -0.39 is 0 Å². The summed E-state index contributed by atoms with van der Waals surface area (Å²) in [6.45, 7) is 5.10. The molecule has 2 atom stereocenters. The van der Waals surface area contributed by atoms with Crippen LogP contribution >= 0.6 is 0 Å². The van der Waals surface area contributed by atoms with Gasteiger partial charge >= 0.3 is 0 Å².